The zero-order chi connectivity index (χ0) is 12.3. The predicted molar refractivity (Wildman–Crippen MR) is 62.4 cm³/mol. The highest BCUT2D eigenvalue weighted by molar-refractivity contribution is 5.48. The molecule has 1 atom stereocenters. The first kappa shape index (κ1) is 12.3. The maximum atomic E-state index is 13.1. The molecule has 1 aromatic heterocycles. The highest BCUT2D eigenvalue weighted by atomic mass is 19.1. The van der Waals surface area contributed by atoms with Gasteiger partial charge in [0.2, 0.25) is 0 Å². The molecule has 0 aromatic carbocycles. The lowest BCUT2D eigenvalue weighted by atomic mass is 10.1. The Morgan fingerprint density at radius 3 is 3.18 bits per heavy atom. The number of halogens is 1. The summed E-state index contributed by atoms with van der Waals surface area (Å²) in [7, 11) is 0. The van der Waals surface area contributed by atoms with Gasteiger partial charge in [-0.15, -0.1) is 0 Å². The molecule has 1 aliphatic rings. The second-order valence-corrected chi connectivity index (χ2v) is 4.12. The fourth-order valence-corrected chi connectivity index (χ4v) is 2.12. The molecule has 17 heavy (non-hydrogen) atoms. The van der Waals surface area contributed by atoms with E-state index in [-0.39, 0.29) is 12.6 Å². The Kier molecular flexibility index (Phi) is 3.91. The van der Waals surface area contributed by atoms with Gasteiger partial charge in [0, 0.05) is 12.1 Å². The molecule has 2 rings (SSSR count). The van der Waals surface area contributed by atoms with Gasteiger partial charge in [0.05, 0.1) is 32.1 Å². The van der Waals surface area contributed by atoms with Crippen LogP contribution in [0, 0.1) is 5.82 Å². The van der Waals surface area contributed by atoms with Gasteiger partial charge in [0.15, 0.2) is 0 Å². The number of nitrogens with zero attached hydrogens (tertiary/aromatic N) is 2. The molecule has 0 spiro atoms. The predicted octanol–water partition coefficient (Wildman–Crippen LogP) is 1.33. The topological polar surface area (TPSA) is 45.6 Å². The molecule has 0 amide bonds. The van der Waals surface area contributed by atoms with Crippen LogP contribution in [0.15, 0.2) is 12.3 Å². The Bertz CT molecular complexity index is 387. The number of aromatic nitrogens is 1. The number of ether oxygens (including phenoxy) is 1. The van der Waals surface area contributed by atoms with E-state index in [9.17, 15) is 9.50 Å². The van der Waals surface area contributed by atoms with Crippen molar-refractivity contribution in [2.24, 2.45) is 0 Å². The molecule has 0 saturated carbocycles. The molecule has 1 N–H and O–H groups in total. The van der Waals surface area contributed by atoms with E-state index in [0.29, 0.717) is 24.6 Å². The maximum absolute atomic E-state index is 13.1. The summed E-state index contributed by atoms with van der Waals surface area (Å²) in [5.41, 5.74) is 0.533. The van der Waals surface area contributed by atoms with Gasteiger partial charge < -0.3 is 14.7 Å². The number of aliphatic hydroxyl groups excluding tert-OH is 1. The average molecular weight is 240 g/mol. The lowest BCUT2D eigenvalue weighted by Crippen LogP contribution is -2.46. The summed E-state index contributed by atoms with van der Waals surface area (Å²) in [6.45, 7) is 3.90. The van der Waals surface area contributed by atoms with Crippen LogP contribution < -0.4 is 4.90 Å². The van der Waals surface area contributed by atoms with Crippen LogP contribution in [0.3, 0.4) is 0 Å². The maximum Gasteiger partial charge on any atom is 0.142 e. The molecule has 2 heterocycles. The minimum Gasteiger partial charge on any atom is -0.392 e. The second-order valence-electron chi connectivity index (χ2n) is 4.12. The van der Waals surface area contributed by atoms with Crippen LogP contribution in [-0.4, -0.2) is 35.9 Å². The summed E-state index contributed by atoms with van der Waals surface area (Å²) in [5, 5.41) is 9.27. The monoisotopic (exact) mass is 240 g/mol. The average Bonchev–Trinajstić information content (AvgIpc) is 2.38. The van der Waals surface area contributed by atoms with Crippen molar-refractivity contribution in [2.75, 3.05) is 24.7 Å². The molecule has 1 aromatic rings. The fraction of sp³-hybridized carbons (Fsp3) is 0.583. The Balaban J connectivity index is 2.30. The highest BCUT2D eigenvalue weighted by Crippen LogP contribution is 2.23. The largest absolute Gasteiger partial charge is 0.392 e. The first-order valence-electron chi connectivity index (χ1n) is 5.86. The van der Waals surface area contributed by atoms with Gasteiger partial charge in [-0.3, -0.25) is 0 Å². The van der Waals surface area contributed by atoms with Gasteiger partial charge in [-0.1, -0.05) is 6.92 Å². The Labute approximate surface area is 100 Å². The molecular weight excluding hydrogens is 223 g/mol. The van der Waals surface area contributed by atoms with E-state index in [2.05, 4.69) is 16.8 Å². The van der Waals surface area contributed by atoms with Crippen LogP contribution >= 0.6 is 0 Å². The summed E-state index contributed by atoms with van der Waals surface area (Å²) in [6.07, 6.45) is 2.13. The highest BCUT2D eigenvalue weighted by Gasteiger charge is 2.24. The molecule has 0 bridgehead atoms. The van der Waals surface area contributed by atoms with Gasteiger partial charge in [0.1, 0.15) is 11.6 Å². The molecule has 4 nitrogen and oxygen atoms in total. The van der Waals surface area contributed by atoms with Crippen LogP contribution in [-0.2, 0) is 11.3 Å². The molecule has 1 saturated heterocycles. The standard InChI is InChI=1S/C12H17FN2O2/c1-2-11-8-17-4-3-15(11)12-9(7-16)5-10(13)6-14-12/h5-6,11,16H,2-4,7-8H2,1H3. The van der Waals surface area contributed by atoms with E-state index in [1.165, 1.54) is 12.3 Å². The van der Waals surface area contributed by atoms with E-state index in [1.807, 2.05) is 0 Å². The first-order chi connectivity index (χ1) is 8.26. The van der Waals surface area contributed by atoms with Crippen molar-refractivity contribution in [3.05, 3.63) is 23.6 Å². The van der Waals surface area contributed by atoms with Crippen LogP contribution in [0.2, 0.25) is 0 Å². The minimum absolute atomic E-state index is 0.201. The lowest BCUT2D eigenvalue weighted by molar-refractivity contribution is 0.0923. The number of hydrogen-bond donors (Lipinski definition) is 1. The quantitative estimate of drug-likeness (QED) is 0.865. The van der Waals surface area contributed by atoms with Gasteiger partial charge in [0.25, 0.3) is 0 Å². The second kappa shape index (κ2) is 5.42. The van der Waals surface area contributed by atoms with Gasteiger partial charge in [-0.25, -0.2) is 9.37 Å². The minimum atomic E-state index is -0.417. The Morgan fingerprint density at radius 2 is 2.47 bits per heavy atom. The molecule has 1 aliphatic heterocycles. The lowest BCUT2D eigenvalue weighted by Gasteiger charge is -2.36. The third kappa shape index (κ3) is 2.56. The third-order valence-electron chi connectivity index (χ3n) is 3.05. The summed E-state index contributed by atoms with van der Waals surface area (Å²) in [4.78, 5) is 6.20. The number of anilines is 1. The smallest absolute Gasteiger partial charge is 0.142 e. The van der Waals surface area contributed by atoms with Gasteiger partial charge in [-0.2, -0.15) is 0 Å². The van der Waals surface area contributed by atoms with Crippen molar-refractivity contribution in [3.63, 3.8) is 0 Å². The Morgan fingerprint density at radius 1 is 1.65 bits per heavy atom. The van der Waals surface area contributed by atoms with Crippen LogP contribution in [0.5, 0.6) is 0 Å². The fourth-order valence-electron chi connectivity index (χ4n) is 2.12. The summed E-state index contributed by atoms with van der Waals surface area (Å²) >= 11 is 0. The van der Waals surface area contributed by atoms with Crippen LogP contribution in [0.4, 0.5) is 10.2 Å². The van der Waals surface area contributed by atoms with Crippen molar-refractivity contribution >= 4 is 5.82 Å². The first-order valence-corrected chi connectivity index (χ1v) is 5.86. The molecule has 0 radical (unpaired) electrons. The van der Waals surface area contributed by atoms with E-state index in [0.717, 1.165) is 13.0 Å². The molecule has 94 valence electrons. The molecule has 5 heteroatoms. The van der Waals surface area contributed by atoms with Gasteiger partial charge >= 0.3 is 0 Å². The summed E-state index contributed by atoms with van der Waals surface area (Å²) in [6, 6.07) is 1.58. The van der Waals surface area contributed by atoms with Crippen molar-refractivity contribution in [2.45, 2.75) is 26.0 Å². The molecule has 1 unspecified atom stereocenters. The Hall–Kier alpha value is -1.20. The van der Waals surface area contributed by atoms with Crippen molar-refractivity contribution in [3.8, 4) is 0 Å². The normalized spacial score (nSPS) is 20.6. The van der Waals surface area contributed by atoms with E-state index >= 15 is 0 Å². The zero-order valence-electron chi connectivity index (χ0n) is 9.90. The number of pyridine rings is 1. The SMILES string of the molecule is CCC1COCCN1c1ncc(F)cc1CO. The van der Waals surface area contributed by atoms with Crippen molar-refractivity contribution < 1.29 is 14.2 Å². The summed E-state index contributed by atoms with van der Waals surface area (Å²) < 4.78 is 18.5. The van der Waals surface area contributed by atoms with Crippen molar-refractivity contribution in [1.29, 1.82) is 0 Å². The van der Waals surface area contributed by atoms with E-state index in [4.69, 9.17) is 4.74 Å². The third-order valence-corrected chi connectivity index (χ3v) is 3.05. The van der Waals surface area contributed by atoms with Gasteiger partial charge in [-0.05, 0) is 12.5 Å². The van der Waals surface area contributed by atoms with Crippen molar-refractivity contribution in [1.82, 2.24) is 4.98 Å². The molecule has 0 aliphatic carbocycles. The number of morpholine rings is 1. The van der Waals surface area contributed by atoms with Crippen LogP contribution in [0.1, 0.15) is 18.9 Å². The summed E-state index contributed by atoms with van der Waals surface area (Å²) in [5.74, 6) is 0.253. The van der Waals surface area contributed by atoms with E-state index in [1.54, 1.807) is 0 Å². The van der Waals surface area contributed by atoms with E-state index < -0.39 is 5.82 Å². The molecule has 1 fully saturated rings. The number of hydrogen-bond acceptors (Lipinski definition) is 4. The molecular formula is C12H17FN2O2. The number of aliphatic hydroxyl groups is 1. The van der Waals surface area contributed by atoms with Crippen LogP contribution in [0.25, 0.3) is 0 Å². The zero-order valence-corrected chi connectivity index (χ0v) is 9.90. The number of rotatable bonds is 3.